The molecular weight excluding hydrogens is 603 g/mol. The Labute approximate surface area is 255 Å². The molecule has 0 spiro atoms. The number of halogens is 4. The Kier molecular flexibility index (Phi) is 11.6. The SMILES string of the molecule is CCCCNC(=O)[C@@H](CC)N(Cc1ccccc1)C(=O)CN(c1ccc(Cl)c(C(F)(F)F)c1)S(=O)(=O)c1ccc(C)cc1. The van der Waals surface area contributed by atoms with Crippen molar-refractivity contribution in [1.82, 2.24) is 10.2 Å². The first-order chi connectivity index (χ1) is 20.3. The number of hydrogen-bond acceptors (Lipinski definition) is 4. The summed E-state index contributed by atoms with van der Waals surface area (Å²) in [6, 6.07) is 16.3. The molecular formula is C31H35ClF3N3O4S. The first-order valence-corrected chi connectivity index (χ1v) is 15.7. The minimum absolute atomic E-state index is 0.0216. The average molecular weight is 638 g/mol. The van der Waals surface area contributed by atoms with Crippen LogP contribution in [0.3, 0.4) is 0 Å². The van der Waals surface area contributed by atoms with E-state index in [2.05, 4.69) is 5.32 Å². The van der Waals surface area contributed by atoms with E-state index < -0.39 is 56.9 Å². The van der Waals surface area contributed by atoms with Crippen LogP contribution in [0.2, 0.25) is 5.02 Å². The summed E-state index contributed by atoms with van der Waals surface area (Å²) in [6.45, 7) is 4.97. The molecule has 3 rings (SSSR count). The Morgan fingerprint density at radius 1 is 0.977 bits per heavy atom. The second kappa shape index (κ2) is 14.7. The van der Waals surface area contributed by atoms with Crippen LogP contribution in [-0.2, 0) is 32.3 Å². The second-order valence-electron chi connectivity index (χ2n) is 10.1. The molecule has 0 radical (unpaired) electrons. The fourth-order valence-corrected chi connectivity index (χ4v) is 6.09. The Hall–Kier alpha value is -3.57. The number of amides is 2. The number of carbonyl (C=O) groups excluding carboxylic acids is 2. The monoisotopic (exact) mass is 637 g/mol. The number of carbonyl (C=O) groups is 2. The minimum Gasteiger partial charge on any atom is -0.354 e. The molecule has 2 amide bonds. The first kappa shape index (κ1) is 33.9. The number of nitrogens with zero attached hydrogens (tertiary/aromatic N) is 2. The highest BCUT2D eigenvalue weighted by Gasteiger charge is 2.37. The lowest BCUT2D eigenvalue weighted by Gasteiger charge is -2.33. The van der Waals surface area contributed by atoms with E-state index in [1.807, 2.05) is 6.92 Å². The van der Waals surface area contributed by atoms with Crippen LogP contribution in [0.25, 0.3) is 0 Å². The molecule has 0 aliphatic heterocycles. The molecule has 3 aromatic rings. The molecule has 0 aliphatic rings. The van der Waals surface area contributed by atoms with Gasteiger partial charge in [0.25, 0.3) is 10.0 Å². The van der Waals surface area contributed by atoms with E-state index in [-0.39, 0.29) is 17.9 Å². The topological polar surface area (TPSA) is 86.8 Å². The van der Waals surface area contributed by atoms with Gasteiger partial charge in [0.1, 0.15) is 12.6 Å². The summed E-state index contributed by atoms with van der Waals surface area (Å²) in [5.74, 6) is -1.17. The van der Waals surface area contributed by atoms with Crippen molar-refractivity contribution in [2.45, 2.75) is 63.7 Å². The lowest BCUT2D eigenvalue weighted by atomic mass is 10.1. The minimum atomic E-state index is -4.88. The highest BCUT2D eigenvalue weighted by molar-refractivity contribution is 7.92. The van der Waals surface area contributed by atoms with Gasteiger partial charge in [-0.2, -0.15) is 13.2 Å². The van der Waals surface area contributed by atoms with Gasteiger partial charge in [0.15, 0.2) is 0 Å². The zero-order valence-corrected chi connectivity index (χ0v) is 25.8. The smallest absolute Gasteiger partial charge is 0.354 e. The lowest BCUT2D eigenvalue weighted by molar-refractivity contribution is -0.140. The maximum absolute atomic E-state index is 14.0. The van der Waals surface area contributed by atoms with E-state index >= 15 is 0 Å². The number of alkyl halides is 3. The largest absolute Gasteiger partial charge is 0.417 e. The van der Waals surface area contributed by atoms with Crippen LogP contribution in [0.4, 0.5) is 18.9 Å². The van der Waals surface area contributed by atoms with Gasteiger partial charge in [-0.3, -0.25) is 13.9 Å². The summed E-state index contributed by atoms with van der Waals surface area (Å²) < 4.78 is 69.8. The Bertz CT molecular complexity index is 1500. The quantitative estimate of drug-likeness (QED) is 0.214. The fraction of sp³-hybridized carbons (Fsp3) is 0.355. The lowest BCUT2D eigenvalue weighted by Crippen LogP contribution is -2.52. The van der Waals surface area contributed by atoms with Crippen LogP contribution in [0.1, 0.15) is 49.8 Å². The number of nitrogens with one attached hydrogen (secondary N) is 1. The maximum Gasteiger partial charge on any atom is 0.417 e. The molecule has 0 bridgehead atoms. The summed E-state index contributed by atoms with van der Waals surface area (Å²) >= 11 is 5.82. The maximum atomic E-state index is 14.0. The second-order valence-corrected chi connectivity index (χ2v) is 12.3. The number of aryl methyl sites for hydroxylation is 1. The van der Waals surface area contributed by atoms with Gasteiger partial charge >= 0.3 is 6.18 Å². The van der Waals surface area contributed by atoms with Gasteiger partial charge in [-0.25, -0.2) is 8.42 Å². The van der Waals surface area contributed by atoms with Crippen molar-refractivity contribution >= 4 is 39.1 Å². The van der Waals surface area contributed by atoms with Gasteiger partial charge in [-0.15, -0.1) is 0 Å². The normalized spacial score (nSPS) is 12.4. The van der Waals surface area contributed by atoms with Gasteiger partial charge in [0, 0.05) is 13.1 Å². The van der Waals surface area contributed by atoms with Crippen LogP contribution in [0.5, 0.6) is 0 Å². The third kappa shape index (κ3) is 8.73. The van der Waals surface area contributed by atoms with E-state index in [0.29, 0.717) is 22.5 Å². The van der Waals surface area contributed by atoms with Crippen molar-refractivity contribution in [3.8, 4) is 0 Å². The van der Waals surface area contributed by atoms with Gasteiger partial charge in [0.2, 0.25) is 11.8 Å². The Morgan fingerprint density at radius 2 is 1.63 bits per heavy atom. The third-order valence-corrected chi connectivity index (χ3v) is 8.96. The molecule has 0 unspecified atom stereocenters. The number of unbranched alkanes of at least 4 members (excludes halogenated alkanes) is 1. The Morgan fingerprint density at radius 3 is 2.21 bits per heavy atom. The molecule has 0 fully saturated rings. The first-order valence-electron chi connectivity index (χ1n) is 13.9. The molecule has 0 heterocycles. The van der Waals surface area contributed by atoms with Crippen LogP contribution >= 0.6 is 11.6 Å². The molecule has 0 aliphatic carbocycles. The molecule has 43 heavy (non-hydrogen) atoms. The van der Waals surface area contributed by atoms with Crippen molar-refractivity contribution in [3.63, 3.8) is 0 Å². The molecule has 12 heteroatoms. The van der Waals surface area contributed by atoms with Gasteiger partial charge in [0.05, 0.1) is 21.2 Å². The number of rotatable bonds is 13. The predicted octanol–water partition coefficient (Wildman–Crippen LogP) is 6.59. The van der Waals surface area contributed by atoms with E-state index in [9.17, 15) is 31.2 Å². The van der Waals surface area contributed by atoms with Crippen molar-refractivity contribution in [3.05, 3.63) is 94.5 Å². The van der Waals surface area contributed by atoms with Gasteiger partial charge in [-0.1, -0.05) is 79.9 Å². The number of sulfonamides is 1. The number of anilines is 1. The molecule has 0 saturated heterocycles. The fourth-order valence-electron chi connectivity index (χ4n) is 4.46. The highest BCUT2D eigenvalue weighted by Crippen LogP contribution is 2.38. The molecule has 1 atom stereocenters. The third-order valence-electron chi connectivity index (χ3n) is 6.84. The van der Waals surface area contributed by atoms with Crippen LogP contribution in [0, 0.1) is 6.92 Å². The Balaban J connectivity index is 2.11. The summed E-state index contributed by atoms with van der Waals surface area (Å²) in [5.41, 5.74) is -0.187. The van der Waals surface area contributed by atoms with E-state index in [1.165, 1.54) is 17.0 Å². The zero-order valence-electron chi connectivity index (χ0n) is 24.2. The van der Waals surface area contributed by atoms with Gasteiger partial charge < -0.3 is 10.2 Å². The van der Waals surface area contributed by atoms with E-state index in [4.69, 9.17) is 11.6 Å². The van der Waals surface area contributed by atoms with Crippen molar-refractivity contribution in [2.75, 3.05) is 17.4 Å². The van der Waals surface area contributed by atoms with Crippen LogP contribution < -0.4 is 9.62 Å². The van der Waals surface area contributed by atoms with Crippen molar-refractivity contribution in [2.24, 2.45) is 0 Å². The molecule has 232 valence electrons. The van der Waals surface area contributed by atoms with E-state index in [1.54, 1.807) is 56.3 Å². The number of benzene rings is 3. The number of hydrogen-bond donors (Lipinski definition) is 1. The molecule has 1 N–H and O–H groups in total. The standard InChI is InChI=1S/C31H35ClF3N3O4S/c1-4-6-18-36-30(40)28(5-2)37(20-23-10-8-7-9-11-23)29(39)21-38(43(41,42)25-15-12-22(3)13-16-25)24-14-17-27(32)26(19-24)31(33,34)35/h7-17,19,28H,4-6,18,20-21H2,1-3H3,(H,36,40)/t28-/m1/s1. The molecule has 3 aromatic carbocycles. The van der Waals surface area contributed by atoms with Gasteiger partial charge in [-0.05, 0) is 55.7 Å². The summed E-state index contributed by atoms with van der Waals surface area (Å²) in [5, 5.41) is 2.21. The summed E-state index contributed by atoms with van der Waals surface area (Å²) in [6.07, 6.45) is -3.08. The van der Waals surface area contributed by atoms with E-state index in [0.717, 1.165) is 30.5 Å². The zero-order chi connectivity index (χ0) is 31.8. The summed E-state index contributed by atoms with van der Waals surface area (Å²) in [4.78, 5) is 28.3. The van der Waals surface area contributed by atoms with Crippen molar-refractivity contribution in [1.29, 1.82) is 0 Å². The molecule has 0 aromatic heterocycles. The molecule has 0 saturated carbocycles. The van der Waals surface area contributed by atoms with Crippen LogP contribution in [-0.4, -0.2) is 44.3 Å². The van der Waals surface area contributed by atoms with Crippen molar-refractivity contribution < 1.29 is 31.2 Å². The van der Waals surface area contributed by atoms with Crippen LogP contribution in [0.15, 0.2) is 77.7 Å². The average Bonchev–Trinajstić information content (AvgIpc) is 2.96. The molecule has 7 nitrogen and oxygen atoms in total. The summed E-state index contributed by atoms with van der Waals surface area (Å²) in [7, 11) is -4.54. The highest BCUT2D eigenvalue weighted by atomic mass is 35.5. The predicted molar refractivity (Wildman–Crippen MR) is 161 cm³/mol.